The van der Waals surface area contributed by atoms with Crippen LogP contribution in [0.4, 0.5) is 0 Å². The molecule has 0 radical (unpaired) electrons. The summed E-state index contributed by atoms with van der Waals surface area (Å²) in [6.07, 6.45) is 3.61. The minimum Gasteiger partial charge on any atom is -0.331 e. The zero-order chi connectivity index (χ0) is 20.8. The summed E-state index contributed by atoms with van der Waals surface area (Å²) in [5.41, 5.74) is 2.01. The highest BCUT2D eigenvalue weighted by molar-refractivity contribution is 6.35. The first-order valence-electron chi connectivity index (χ1n) is 10.5. The lowest BCUT2D eigenvalue weighted by Gasteiger charge is -2.37. The summed E-state index contributed by atoms with van der Waals surface area (Å²) in [6, 6.07) is 11.9. The van der Waals surface area contributed by atoms with E-state index < -0.39 is 0 Å². The van der Waals surface area contributed by atoms with Gasteiger partial charge in [0.25, 0.3) is 0 Å². The van der Waals surface area contributed by atoms with Gasteiger partial charge in [0.15, 0.2) is 0 Å². The molecule has 0 unspecified atom stereocenters. The van der Waals surface area contributed by atoms with Crippen LogP contribution in [-0.4, -0.2) is 93.7 Å². The topological polar surface area (TPSA) is 72.9 Å². The van der Waals surface area contributed by atoms with Crippen molar-refractivity contribution in [2.45, 2.75) is 13.1 Å². The van der Waals surface area contributed by atoms with Gasteiger partial charge in [-0.3, -0.25) is 29.4 Å². The first kappa shape index (κ1) is 20.4. The van der Waals surface area contributed by atoms with Gasteiger partial charge in [0.1, 0.15) is 0 Å². The van der Waals surface area contributed by atoms with Gasteiger partial charge in [-0.25, -0.2) is 0 Å². The summed E-state index contributed by atoms with van der Waals surface area (Å²) < 4.78 is 0. The molecule has 0 aliphatic carbocycles. The molecule has 2 bridgehead atoms. The van der Waals surface area contributed by atoms with Crippen molar-refractivity contribution in [1.29, 1.82) is 0 Å². The summed E-state index contributed by atoms with van der Waals surface area (Å²) in [5.74, 6) is -0.758. The molecule has 5 heterocycles. The van der Waals surface area contributed by atoms with E-state index in [2.05, 4.69) is 19.8 Å². The molecule has 2 amide bonds. The Morgan fingerprint density at radius 1 is 0.600 bits per heavy atom. The second kappa shape index (κ2) is 9.77. The molecule has 3 aliphatic rings. The highest BCUT2D eigenvalue weighted by Crippen LogP contribution is 2.10. The molecular weight excluding hydrogens is 380 g/mol. The van der Waals surface area contributed by atoms with E-state index in [4.69, 9.17) is 0 Å². The van der Waals surface area contributed by atoms with E-state index in [0.717, 1.165) is 37.6 Å². The van der Waals surface area contributed by atoms with E-state index in [0.29, 0.717) is 39.3 Å². The molecule has 2 aromatic rings. The molecule has 8 heteroatoms. The third kappa shape index (κ3) is 5.20. The van der Waals surface area contributed by atoms with E-state index in [1.165, 1.54) is 0 Å². The minimum absolute atomic E-state index is 0.379. The van der Waals surface area contributed by atoms with Crippen LogP contribution in [0, 0.1) is 0 Å². The number of aromatic nitrogens is 2. The number of nitrogens with zero attached hydrogens (tertiary/aromatic N) is 6. The predicted molar refractivity (Wildman–Crippen MR) is 112 cm³/mol. The summed E-state index contributed by atoms with van der Waals surface area (Å²) in [6.45, 7) is 6.92. The van der Waals surface area contributed by atoms with Gasteiger partial charge in [0.05, 0.1) is 11.4 Å². The zero-order valence-corrected chi connectivity index (χ0v) is 17.2. The van der Waals surface area contributed by atoms with Gasteiger partial charge in [-0.1, -0.05) is 12.1 Å². The summed E-state index contributed by atoms with van der Waals surface area (Å²) in [7, 11) is 0. The summed E-state index contributed by atoms with van der Waals surface area (Å²) >= 11 is 0. The normalized spacial score (nSPS) is 19.6. The Bertz CT molecular complexity index is 776. The molecule has 0 saturated carbocycles. The van der Waals surface area contributed by atoms with Crippen LogP contribution >= 0.6 is 0 Å². The lowest BCUT2D eigenvalue weighted by Crippen LogP contribution is -2.57. The van der Waals surface area contributed by atoms with Crippen molar-refractivity contribution in [2.24, 2.45) is 0 Å². The number of amides is 2. The number of carbonyl (C=O) groups is 2. The average Bonchev–Trinajstić information content (AvgIpc) is 2.77. The van der Waals surface area contributed by atoms with E-state index in [9.17, 15) is 9.59 Å². The van der Waals surface area contributed by atoms with Gasteiger partial charge in [0.2, 0.25) is 0 Å². The number of fused-ring (bicyclic) bond motifs is 9. The maximum atomic E-state index is 12.5. The molecule has 3 saturated heterocycles. The third-order valence-corrected chi connectivity index (χ3v) is 5.73. The monoisotopic (exact) mass is 408 g/mol. The van der Waals surface area contributed by atoms with Crippen molar-refractivity contribution in [1.82, 2.24) is 29.6 Å². The number of rotatable bonds is 4. The molecule has 2 aromatic heterocycles. The van der Waals surface area contributed by atoms with E-state index in [-0.39, 0.29) is 11.8 Å². The molecule has 3 fully saturated rings. The fraction of sp³-hybridized carbons (Fsp3) is 0.455. The van der Waals surface area contributed by atoms with Crippen LogP contribution in [0.1, 0.15) is 11.4 Å². The second-order valence-corrected chi connectivity index (χ2v) is 7.78. The van der Waals surface area contributed by atoms with E-state index >= 15 is 0 Å². The van der Waals surface area contributed by atoms with Crippen LogP contribution in [0.25, 0.3) is 0 Å². The molecule has 0 spiro atoms. The van der Waals surface area contributed by atoms with Gasteiger partial charge in [0, 0.05) is 77.8 Å². The van der Waals surface area contributed by atoms with Crippen LogP contribution in [0.15, 0.2) is 48.8 Å². The van der Waals surface area contributed by atoms with E-state index in [1.54, 1.807) is 22.2 Å². The van der Waals surface area contributed by atoms with Crippen LogP contribution in [0.5, 0.6) is 0 Å². The molecule has 0 atom stereocenters. The van der Waals surface area contributed by atoms with Crippen molar-refractivity contribution in [2.75, 3.05) is 52.4 Å². The lowest BCUT2D eigenvalue weighted by molar-refractivity contribution is -0.156. The largest absolute Gasteiger partial charge is 0.331 e. The number of hydrogen-bond acceptors (Lipinski definition) is 6. The SMILES string of the molecule is O=C1C(=O)N2CCN(Cc3ccccn3)CCN(Cc3ccccn3)CCN1CC2. The smallest absolute Gasteiger partial charge is 0.312 e. The molecule has 3 aliphatic heterocycles. The summed E-state index contributed by atoms with van der Waals surface area (Å²) in [4.78, 5) is 42.0. The lowest BCUT2D eigenvalue weighted by atomic mass is 10.2. The molecule has 158 valence electrons. The average molecular weight is 409 g/mol. The van der Waals surface area contributed by atoms with Crippen molar-refractivity contribution < 1.29 is 9.59 Å². The number of hydrogen-bond donors (Lipinski definition) is 0. The Balaban J connectivity index is 1.51. The Morgan fingerprint density at radius 2 is 1.00 bits per heavy atom. The summed E-state index contributed by atoms with van der Waals surface area (Å²) in [5, 5.41) is 0. The number of piperazine rings is 1. The van der Waals surface area contributed by atoms with Gasteiger partial charge in [-0.15, -0.1) is 0 Å². The first-order chi connectivity index (χ1) is 14.7. The maximum Gasteiger partial charge on any atom is 0.312 e. The predicted octanol–water partition coefficient (Wildman–Crippen LogP) is 0.465. The molecule has 30 heavy (non-hydrogen) atoms. The van der Waals surface area contributed by atoms with E-state index in [1.807, 2.05) is 36.4 Å². The van der Waals surface area contributed by atoms with Gasteiger partial charge in [-0.05, 0) is 24.3 Å². The molecule has 0 aromatic carbocycles. The van der Waals surface area contributed by atoms with Crippen LogP contribution < -0.4 is 0 Å². The van der Waals surface area contributed by atoms with Crippen molar-refractivity contribution in [3.8, 4) is 0 Å². The molecule has 5 rings (SSSR count). The fourth-order valence-corrected chi connectivity index (χ4v) is 3.93. The minimum atomic E-state index is -0.379. The number of pyridine rings is 2. The van der Waals surface area contributed by atoms with Crippen LogP contribution in [0.2, 0.25) is 0 Å². The van der Waals surface area contributed by atoms with Crippen LogP contribution in [0.3, 0.4) is 0 Å². The Morgan fingerprint density at radius 3 is 1.40 bits per heavy atom. The standard InChI is InChI=1S/C22H28N6O2/c29-21-22(30)28-14-12-26(18-20-6-2-4-8-24-20)10-9-25(11-13-27(21)15-16-28)17-19-5-1-3-7-23-19/h1-8H,9-18H2. The Kier molecular flexibility index (Phi) is 6.66. The molecule has 8 nitrogen and oxygen atoms in total. The van der Waals surface area contributed by atoms with Gasteiger partial charge in [-0.2, -0.15) is 0 Å². The van der Waals surface area contributed by atoms with Crippen molar-refractivity contribution >= 4 is 11.8 Å². The molecule has 0 N–H and O–H groups in total. The molecular formula is C22H28N6O2. The van der Waals surface area contributed by atoms with Crippen molar-refractivity contribution in [3.63, 3.8) is 0 Å². The van der Waals surface area contributed by atoms with Gasteiger partial charge < -0.3 is 9.80 Å². The maximum absolute atomic E-state index is 12.5. The number of carbonyl (C=O) groups excluding carboxylic acids is 2. The second-order valence-electron chi connectivity index (χ2n) is 7.78. The zero-order valence-electron chi connectivity index (χ0n) is 17.2. The highest BCUT2D eigenvalue weighted by Gasteiger charge is 2.33. The Labute approximate surface area is 177 Å². The van der Waals surface area contributed by atoms with Crippen LogP contribution in [-0.2, 0) is 22.7 Å². The quantitative estimate of drug-likeness (QED) is 0.685. The first-order valence-corrected chi connectivity index (χ1v) is 10.5. The Hall–Kier alpha value is -2.84. The van der Waals surface area contributed by atoms with Gasteiger partial charge >= 0.3 is 11.8 Å². The highest BCUT2D eigenvalue weighted by atomic mass is 16.2. The van der Waals surface area contributed by atoms with Crippen molar-refractivity contribution in [3.05, 3.63) is 60.2 Å². The third-order valence-electron chi connectivity index (χ3n) is 5.73. The fourth-order valence-electron chi connectivity index (χ4n) is 3.93.